The van der Waals surface area contributed by atoms with Crippen molar-refractivity contribution in [3.63, 3.8) is 0 Å². The molecule has 0 aromatic heterocycles. The van der Waals surface area contributed by atoms with Gasteiger partial charge in [0, 0.05) is 20.1 Å². The molecule has 0 aliphatic heterocycles. The largest absolute Gasteiger partial charge is 0.372 e. The van der Waals surface area contributed by atoms with Crippen LogP contribution in [0.25, 0.3) is 0 Å². The van der Waals surface area contributed by atoms with Crippen molar-refractivity contribution in [1.82, 2.24) is 4.90 Å². The van der Waals surface area contributed by atoms with E-state index in [1.165, 1.54) is 11.3 Å². The molecule has 0 bridgehead atoms. The zero-order valence-electron chi connectivity index (χ0n) is 10.5. The van der Waals surface area contributed by atoms with E-state index in [9.17, 15) is 0 Å². The van der Waals surface area contributed by atoms with Crippen molar-refractivity contribution in [2.45, 2.75) is 20.8 Å². The van der Waals surface area contributed by atoms with Gasteiger partial charge in [-0.05, 0) is 25.6 Å². The minimum Gasteiger partial charge on any atom is -0.372 e. The molecule has 4 heteroatoms. The summed E-state index contributed by atoms with van der Waals surface area (Å²) in [4.78, 5) is 4.64. The number of anilines is 1. The number of likely N-dealkylation sites (N-methyl/N-ethyl adjacent to an activating group) is 2. The third kappa shape index (κ3) is 2.67. The van der Waals surface area contributed by atoms with Crippen molar-refractivity contribution >= 4 is 30.1 Å². The second-order valence-corrected chi connectivity index (χ2v) is 4.90. The first-order valence-electron chi connectivity index (χ1n) is 5.76. The standard InChI is InChI=1S/C12H20N2S2/c1-5-14(6-2)8-7-13(4)10-9(3)11(15)12(10)16/h5-8H2,1-4H3. The molecule has 0 fully saturated rings. The van der Waals surface area contributed by atoms with E-state index < -0.39 is 0 Å². The van der Waals surface area contributed by atoms with Crippen LogP contribution in [0.2, 0.25) is 0 Å². The van der Waals surface area contributed by atoms with E-state index in [-0.39, 0.29) is 0 Å². The van der Waals surface area contributed by atoms with Crippen LogP contribution >= 0.6 is 24.4 Å². The Morgan fingerprint density at radius 2 is 1.56 bits per heavy atom. The molecule has 0 atom stereocenters. The molecule has 0 radical (unpaired) electrons. The van der Waals surface area contributed by atoms with Crippen molar-refractivity contribution < 1.29 is 0 Å². The minimum atomic E-state index is 0.870. The zero-order valence-corrected chi connectivity index (χ0v) is 12.2. The highest BCUT2D eigenvalue weighted by atomic mass is 32.1. The fraction of sp³-hybridized carbons (Fsp3) is 0.667. The van der Waals surface area contributed by atoms with Crippen molar-refractivity contribution in [1.29, 1.82) is 0 Å². The van der Waals surface area contributed by atoms with Crippen molar-refractivity contribution in [3.05, 3.63) is 14.6 Å². The van der Waals surface area contributed by atoms with Gasteiger partial charge in [-0.1, -0.05) is 38.3 Å². The van der Waals surface area contributed by atoms with Crippen molar-refractivity contribution in [2.24, 2.45) is 0 Å². The minimum absolute atomic E-state index is 0.870. The summed E-state index contributed by atoms with van der Waals surface area (Å²) >= 11 is 10.4. The SMILES string of the molecule is CCN(CC)CCN(C)c1c(C)c(=S)c1=S. The smallest absolute Gasteiger partial charge is 0.0797 e. The summed E-state index contributed by atoms with van der Waals surface area (Å²) in [7, 11) is 2.09. The lowest BCUT2D eigenvalue weighted by Crippen LogP contribution is -2.34. The van der Waals surface area contributed by atoms with E-state index >= 15 is 0 Å². The predicted octanol–water partition coefficient (Wildman–Crippen LogP) is 3.11. The van der Waals surface area contributed by atoms with Crippen molar-refractivity contribution in [3.8, 4) is 0 Å². The quantitative estimate of drug-likeness (QED) is 0.721. The van der Waals surface area contributed by atoms with Crippen LogP contribution < -0.4 is 4.90 Å². The van der Waals surface area contributed by atoms with Crippen molar-refractivity contribution in [2.75, 3.05) is 38.1 Å². The fourth-order valence-corrected chi connectivity index (χ4v) is 2.55. The van der Waals surface area contributed by atoms with Crippen LogP contribution in [0.1, 0.15) is 19.4 Å². The van der Waals surface area contributed by atoms with Crippen LogP contribution in [0, 0.1) is 15.9 Å². The topological polar surface area (TPSA) is 6.48 Å². The summed E-state index contributed by atoms with van der Waals surface area (Å²) in [6.07, 6.45) is 0. The summed E-state index contributed by atoms with van der Waals surface area (Å²) in [5.74, 6) is 0. The van der Waals surface area contributed by atoms with E-state index in [1.807, 2.05) is 0 Å². The Labute approximate surface area is 109 Å². The van der Waals surface area contributed by atoms with Gasteiger partial charge in [0.25, 0.3) is 0 Å². The zero-order chi connectivity index (χ0) is 12.3. The summed E-state index contributed by atoms with van der Waals surface area (Å²) in [5.41, 5.74) is 2.36. The molecule has 0 aliphatic rings. The summed E-state index contributed by atoms with van der Waals surface area (Å²) in [5, 5.41) is 0. The molecule has 90 valence electrons. The van der Waals surface area contributed by atoms with Gasteiger partial charge in [-0.25, -0.2) is 0 Å². The van der Waals surface area contributed by atoms with Gasteiger partial charge >= 0.3 is 0 Å². The normalized spacial score (nSPS) is 11.3. The van der Waals surface area contributed by atoms with Crippen LogP contribution in [-0.2, 0) is 0 Å². The van der Waals surface area contributed by atoms with E-state index in [1.54, 1.807) is 0 Å². The lowest BCUT2D eigenvalue weighted by molar-refractivity contribution is 0.311. The molecular formula is C12H20N2S2. The van der Waals surface area contributed by atoms with Gasteiger partial charge in [0.2, 0.25) is 0 Å². The molecule has 0 aliphatic carbocycles. The monoisotopic (exact) mass is 256 g/mol. The summed E-state index contributed by atoms with van der Waals surface area (Å²) in [6, 6.07) is 0. The molecule has 0 heterocycles. The molecule has 0 amide bonds. The number of rotatable bonds is 6. The van der Waals surface area contributed by atoms with Gasteiger partial charge in [-0.15, -0.1) is 0 Å². The molecule has 1 aromatic rings. The number of hydrogen-bond acceptors (Lipinski definition) is 4. The molecular weight excluding hydrogens is 236 g/mol. The van der Waals surface area contributed by atoms with Crippen LogP contribution in [0.4, 0.5) is 5.69 Å². The van der Waals surface area contributed by atoms with Crippen LogP contribution in [0.3, 0.4) is 0 Å². The van der Waals surface area contributed by atoms with E-state index in [4.69, 9.17) is 24.4 Å². The first-order chi connectivity index (χ1) is 7.52. The fourth-order valence-electron chi connectivity index (χ4n) is 1.90. The molecule has 16 heavy (non-hydrogen) atoms. The van der Waals surface area contributed by atoms with Gasteiger partial charge in [-0.3, -0.25) is 0 Å². The molecule has 1 rings (SSSR count). The number of nitrogens with zero attached hydrogens (tertiary/aromatic N) is 2. The van der Waals surface area contributed by atoms with Gasteiger partial charge in [0.05, 0.1) is 14.7 Å². The second kappa shape index (κ2) is 5.84. The Hall–Kier alpha value is -0.320. The highest BCUT2D eigenvalue weighted by molar-refractivity contribution is 7.74. The Balaban J connectivity index is 2.58. The molecule has 0 saturated heterocycles. The van der Waals surface area contributed by atoms with E-state index in [0.29, 0.717) is 0 Å². The molecule has 1 aromatic carbocycles. The Morgan fingerprint density at radius 1 is 1.00 bits per heavy atom. The average molecular weight is 256 g/mol. The van der Waals surface area contributed by atoms with E-state index in [2.05, 4.69) is 37.6 Å². The predicted molar refractivity (Wildman–Crippen MR) is 76.3 cm³/mol. The third-order valence-electron chi connectivity index (χ3n) is 3.14. The Morgan fingerprint density at radius 3 is 2.00 bits per heavy atom. The summed E-state index contributed by atoms with van der Waals surface area (Å²) < 4.78 is 1.74. The lowest BCUT2D eigenvalue weighted by atomic mass is 10.1. The third-order valence-corrected chi connectivity index (χ3v) is 4.18. The Kier molecular flexibility index (Phi) is 5.02. The molecule has 0 saturated carbocycles. The van der Waals surface area contributed by atoms with Gasteiger partial charge in [-0.2, -0.15) is 0 Å². The molecule has 0 spiro atoms. The average Bonchev–Trinajstić information content (AvgIpc) is 2.30. The first kappa shape index (κ1) is 13.7. The van der Waals surface area contributed by atoms with E-state index in [0.717, 1.165) is 35.2 Å². The maximum Gasteiger partial charge on any atom is 0.0797 e. The molecule has 0 unspecified atom stereocenters. The highest BCUT2D eigenvalue weighted by Gasteiger charge is 2.14. The molecule has 0 N–H and O–H groups in total. The maximum absolute atomic E-state index is 5.26. The second-order valence-electron chi connectivity index (χ2n) is 4.08. The van der Waals surface area contributed by atoms with Gasteiger partial charge in [0.15, 0.2) is 0 Å². The molecule has 2 nitrogen and oxygen atoms in total. The Bertz CT molecular complexity index is 415. The lowest BCUT2D eigenvalue weighted by Gasteiger charge is -2.27. The first-order valence-corrected chi connectivity index (χ1v) is 6.57. The van der Waals surface area contributed by atoms with Gasteiger partial charge < -0.3 is 9.80 Å². The summed E-state index contributed by atoms with van der Waals surface area (Å²) in [6.45, 7) is 10.7. The highest BCUT2D eigenvalue weighted by Crippen LogP contribution is 2.28. The van der Waals surface area contributed by atoms with Crippen LogP contribution in [-0.4, -0.2) is 38.1 Å². The maximum atomic E-state index is 5.26. The van der Waals surface area contributed by atoms with Crippen LogP contribution in [0.5, 0.6) is 0 Å². The van der Waals surface area contributed by atoms with Gasteiger partial charge in [0.1, 0.15) is 0 Å². The number of hydrogen-bond donors (Lipinski definition) is 0. The van der Waals surface area contributed by atoms with Crippen LogP contribution in [0.15, 0.2) is 0 Å².